The topological polar surface area (TPSA) is 53.4 Å². The van der Waals surface area contributed by atoms with Gasteiger partial charge in [0.15, 0.2) is 0 Å². The number of pyridine rings is 1. The molecule has 1 N–H and O–H groups in total. The van der Waals surface area contributed by atoms with Gasteiger partial charge in [0, 0.05) is 6.54 Å². The van der Waals surface area contributed by atoms with Gasteiger partial charge in [0.1, 0.15) is 11.0 Å². The Morgan fingerprint density at radius 3 is 3.00 bits per heavy atom. The molecule has 0 unspecified atom stereocenters. The number of anilines is 1. The van der Waals surface area contributed by atoms with Gasteiger partial charge in [-0.1, -0.05) is 17.7 Å². The van der Waals surface area contributed by atoms with Crippen molar-refractivity contribution in [1.29, 1.82) is 0 Å². The molecule has 1 aliphatic heterocycles. The summed E-state index contributed by atoms with van der Waals surface area (Å²) in [6, 6.07) is 3.55. The minimum Gasteiger partial charge on any atom is -0.465 e. The van der Waals surface area contributed by atoms with Crippen molar-refractivity contribution < 1.29 is 9.90 Å². The van der Waals surface area contributed by atoms with Gasteiger partial charge in [0.25, 0.3) is 0 Å². The summed E-state index contributed by atoms with van der Waals surface area (Å²) < 4.78 is 0. The minimum atomic E-state index is -0.965. The van der Waals surface area contributed by atoms with E-state index in [4.69, 9.17) is 16.7 Å². The molecule has 0 bridgehead atoms. The second-order valence-corrected chi connectivity index (χ2v) is 3.90. The van der Waals surface area contributed by atoms with Gasteiger partial charge in [-0.15, -0.1) is 0 Å². The first kappa shape index (κ1) is 10.2. The average molecular weight is 227 g/mol. The van der Waals surface area contributed by atoms with Crippen molar-refractivity contribution in [2.75, 3.05) is 11.4 Å². The van der Waals surface area contributed by atoms with E-state index in [0.29, 0.717) is 17.5 Å². The maximum atomic E-state index is 11.0. The smallest absolute Gasteiger partial charge is 0.413 e. The van der Waals surface area contributed by atoms with Gasteiger partial charge in [0.2, 0.25) is 0 Å². The fourth-order valence-electron chi connectivity index (χ4n) is 1.76. The molecule has 0 fully saturated rings. The number of fused-ring (bicyclic) bond motifs is 1. The lowest BCUT2D eigenvalue weighted by molar-refractivity contribution is 0.201. The number of carbonyl (C=O) groups is 1. The number of halogens is 1. The lowest BCUT2D eigenvalue weighted by atomic mass is 10.1. The van der Waals surface area contributed by atoms with E-state index in [1.807, 2.05) is 6.07 Å². The molecule has 4 nitrogen and oxygen atoms in total. The van der Waals surface area contributed by atoms with Crippen LogP contribution in [0.1, 0.15) is 18.4 Å². The van der Waals surface area contributed by atoms with Crippen molar-refractivity contribution in [2.24, 2.45) is 0 Å². The van der Waals surface area contributed by atoms with Crippen LogP contribution < -0.4 is 4.90 Å². The number of aromatic nitrogens is 1. The van der Waals surface area contributed by atoms with Crippen LogP contribution in [0.15, 0.2) is 12.1 Å². The first-order chi connectivity index (χ1) is 7.18. The van der Waals surface area contributed by atoms with Gasteiger partial charge in [-0.05, 0) is 30.9 Å². The highest BCUT2D eigenvalue weighted by Gasteiger charge is 2.21. The Hall–Kier alpha value is -1.29. The maximum absolute atomic E-state index is 11.0. The molecule has 2 heterocycles. The zero-order chi connectivity index (χ0) is 10.8. The van der Waals surface area contributed by atoms with E-state index < -0.39 is 6.09 Å². The SMILES string of the molecule is O=C(O)N1CCCCc2ccc(Cl)nc21. The van der Waals surface area contributed by atoms with Crippen LogP contribution in [-0.4, -0.2) is 22.7 Å². The third kappa shape index (κ3) is 2.04. The van der Waals surface area contributed by atoms with E-state index in [1.54, 1.807) is 6.07 Å². The molecule has 0 spiro atoms. The summed E-state index contributed by atoms with van der Waals surface area (Å²) in [6.07, 6.45) is 1.75. The predicted molar refractivity (Wildman–Crippen MR) is 57.6 cm³/mol. The van der Waals surface area contributed by atoms with Crippen LogP contribution in [0.3, 0.4) is 0 Å². The normalized spacial score (nSPS) is 15.7. The van der Waals surface area contributed by atoms with Crippen molar-refractivity contribution in [1.82, 2.24) is 4.98 Å². The summed E-state index contributed by atoms with van der Waals surface area (Å²) in [6.45, 7) is 0.496. The highest BCUT2D eigenvalue weighted by atomic mass is 35.5. The molecule has 1 amide bonds. The van der Waals surface area contributed by atoms with Gasteiger partial charge in [-0.25, -0.2) is 9.78 Å². The van der Waals surface area contributed by atoms with Crippen molar-refractivity contribution in [3.05, 3.63) is 22.8 Å². The van der Waals surface area contributed by atoms with Crippen LogP contribution in [0, 0.1) is 0 Å². The van der Waals surface area contributed by atoms with Gasteiger partial charge in [0.05, 0.1) is 0 Å². The van der Waals surface area contributed by atoms with Crippen LogP contribution in [-0.2, 0) is 6.42 Å². The van der Waals surface area contributed by atoms with Gasteiger partial charge >= 0.3 is 6.09 Å². The third-order valence-corrected chi connectivity index (χ3v) is 2.70. The Morgan fingerprint density at radius 2 is 2.27 bits per heavy atom. The molecule has 1 aromatic rings. The Bertz CT molecular complexity index is 395. The molecular formula is C10H11ClN2O2. The van der Waals surface area contributed by atoms with Gasteiger partial charge in [-0.3, -0.25) is 4.90 Å². The molecule has 2 rings (SSSR count). The number of carboxylic acid groups (broad SMARTS) is 1. The maximum Gasteiger partial charge on any atom is 0.413 e. The summed E-state index contributed by atoms with van der Waals surface area (Å²) >= 11 is 5.77. The third-order valence-electron chi connectivity index (χ3n) is 2.49. The predicted octanol–water partition coefficient (Wildman–Crippen LogP) is 2.56. The van der Waals surface area contributed by atoms with Crippen LogP contribution in [0.4, 0.5) is 10.6 Å². The number of aryl methyl sites for hydroxylation is 1. The Balaban J connectivity index is 2.46. The number of rotatable bonds is 0. The van der Waals surface area contributed by atoms with Gasteiger partial charge in [-0.2, -0.15) is 0 Å². The number of amides is 1. The van der Waals surface area contributed by atoms with Crippen LogP contribution >= 0.6 is 11.6 Å². The molecule has 0 atom stereocenters. The summed E-state index contributed by atoms with van der Waals surface area (Å²) in [7, 11) is 0. The fourth-order valence-corrected chi connectivity index (χ4v) is 1.90. The molecule has 1 aromatic heterocycles. The average Bonchev–Trinajstić information content (AvgIpc) is 2.39. The highest BCUT2D eigenvalue weighted by molar-refractivity contribution is 6.29. The van der Waals surface area contributed by atoms with Crippen molar-refractivity contribution in [2.45, 2.75) is 19.3 Å². The van der Waals surface area contributed by atoms with E-state index >= 15 is 0 Å². The van der Waals surface area contributed by atoms with E-state index in [1.165, 1.54) is 4.90 Å². The Morgan fingerprint density at radius 1 is 1.47 bits per heavy atom. The minimum absolute atomic E-state index is 0.335. The van der Waals surface area contributed by atoms with Crippen molar-refractivity contribution >= 4 is 23.5 Å². The Labute approximate surface area is 92.5 Å². The number of hydrogen-bond acceptors (Lipinski definition) is 2. The fraction of sp³-hybridized carbons (Fsp3) is 0.400. The largest absolute Gasteiger partial charge is 0.465 e. The summed E-state index contributed by atoms with van der Waals surface area (Å²) in [5.41, 5.74) is 0.958. The summed E-state index contributed by atoms with van der Waals surface area (Å²) in [5, 5.41) is 9.38. The molecule has 1 aliphatic rings. The molecule has 0 saturated carbocycles. The van der Waals surface area contributed by atoms with Crippen molar-refractivity contribution in [3.63, 3.8) is 0 Å². The van der Waals surface area contributed by atoms with Crippen LogP contribution in [0.5, 0.6) is 0 Å². The molecule has 0 radical (unpaired) electrons. The lowest BCUT2D eigenvalue weighted by Gasteiger charge is -2.17. The van der Waals surface area contributed by atoms with E-state index in [0.717, 1.165) is 24.8 Å². The van der Waals surface area contributed by atoms with Gasteiger partial charge < -0.3 is 5.11 Å². The molecule has 0 saturated heterocycles. The molecule has 80 valence electrons. The standard InChI is InChI=1S/C10H11ClN2O2/c11-8-5-4-7-3-1-2-6-13(10(14)15)9(7)12-8/h4-5H,1-3,6H2,(H,14,15). The van der Waals surface area contributed by atoms with E-state index in [9.17, 15) is 4.79 Å². The molecule has 5 heteroatoms. The molecule has 0 aliphatic carbocycles. The van der Waals surface area contributed by atoms with Crippen LogP contribution in [0.2, 0.25) is 5.15 Å². The second kappa shape index (κ2) is 4.06. The molecule has 0 aromatic carbocycles. The number of nitrogens with zero attached hydrogens (tertiary/aromatic N) is 2. The zero-order valence-electron chi connectivity index (χ0n) is 8.11. The zero-order valence-corrected chi connectivity index (χ0v) is 8.87. The summed E-state index contributed by atoms with van der Waals surface area (Å²) in [5.74, 6) is 0.493. The molecule has 15 heavy (non-hydrogen) atoms. The lowest BCUT2D eigenvalue weighted by Crippen LogP contribution is -2.30. The second-order valence-electron chi connectivity index (χ2n) is 3.51. The monoisotopic (exact) mass is 226 g/mol. The quantitative estimate of drug-likeness (QED) is 0.692. The first-order valence-corrected chi connectivity index (χ1v) is 5.22. The number of hydrogen-bond donors (Lipinski definition) is 1. The van der Waals surface area contributed by atoms with Crippen LogP contribution in [0.25, 0.3) is 0 Å². The summed E-state index contributed by atoms with van der Waals surface area (Å²) in [4.78, 5) is 16.4. The van der Waals surface area contributed by atoms with E-state index in [2.05, 4.69) is 4.98 Å². The molecular weight excluding hydrogens is 216 g/mol. The highest BCUT2D eigenvalue weighted by Crippen LogP contribution is 2.25. The van der Waals surface area contributed by atoms with Crippen molar-refractivity contribution in [3.8, 4) is 0 Å². The first-order valence-electron chi connectivity index (χ1n) is 4.84. The van der Waals surface area contributed by atoms with E-state index in [-0.39, 0.29) is 0 Å². The Kier molecular flexibility index (Phi) is 2.77.